The number of hydrogen-bond donors (Lipinski definition) is 2. The second-order valence-corrected chi connectivity index (χ2v) is 7.01. The maximum absolute atomic E-state index is 12.7. The van der Waals surface area contributed by atoms with Crippen molar-refractivity contribution in [3.05, 3.63) is 36.5 Å². The molecule has 112 valence electrons. The quantitative estimate of drug-likeness (QED) is 0.904. The summed E-state index contributed by atoms with van der Waals surface area (Å²) < 4.78 is 28.2. The van der Waals surface area contributed by atoms with Gasteiger partial charge in [-0.05, 0) is 56.6 Å². The van der Waals surface area contributed by atoms with Gasteiger partial charge >= 0.3 is 0 Å². The Bertz CT molecular complexity index is 717. The Morgan fingerprint density at radius 1 is 1.14 bits per heavy atom. The van der Waals surface area contributed by atoms with Crippen LogP contribution >= 0.6 is 0 Å². The van der Waals surface area contributed by atoms with Crippen LogP contribution in [0.4, 0.5) is 0 Å². The highest BCUT2D eigenvalue weighted by molar-refractivity contribution is 7.89. The lowest BCUT2D eigenvalue weighted by atomic mass is 10.1. The third-order valence-corrected chi connectivity index (χ3v) is 5.37. The molecule has 1 aromatic carbocycles. The molecule has 1 fully saturated rings. The molecule has 0 saturated carbocycles. The van der Waals surface area contributed by atoms with E-state index >= 15 is 0 Å². The molecular weight excluding hydrogens is 286 g/mol. The fraction of sp³-hybridized carbons (Fsp3) is 0.400. The third-order valence-electron chi connectivity index (χ3n) is 3.79. The van der Waals surface area contributed by atoms with Crippen molar-refractivity contribution in [3.8, 4) is 0 Å². The van der Waals surface area contributed by atoms with E-state index in [9.17, 15) is 8.42 Å². The molecule has 5 nitrogen and oxygen atoms in total. The van der Waals surface area contributed by atoms with Crippen LogP contribution in [0.25, 0.3) is 10.9 Å². The minimum atomic E-state index is -3.52. The van der Waals surface area contributed by atoms with E-state index < -0.39 is 10.0 Å². The van der Waals surface area contributed by atoms with Crippen LogP contribution in [0.2, 0.25) is 0 Å². The van der Waals surface area contributed by atoms with E-state index in [1.807, 2.05) is 6.07 Å². The van der Waals surface area contributed by atoms with Crippen molar-refractivity contribution >= 4 is 20.9 Å². The molecule has 1 aliphatic rings. The number of pyridine rings is 1. The molecule has 2 heterocycles. The standard InChI is InChI=1S/C15H19N3O2S/c19-21(20,18-12-4-2-9-16-11-8-12)15-7-1-6-14-13(15)5-3-10-17-14/h1,3,5-7,10,12,16,18H,2,4,8-9,11H2. The lowest BCUT2D eigenvalue weighted by Crippen LogP contribution is -2.35. The minimum absolute atomic E-state index is 0.00284. The normalized spacial score (nSPS) is 20.3. The third kappa shape index (κ3) is 3.23. The molecule has 0 bridgehead atoms. The zero-order valence-corrected chi connectivity index (χ0v) is 12.6. The molecule has 0 radical (unpaired) electrons. The average Bonchev–Trinajstić information content (AvgIpc) is 2.75. The SMILES string of the molecule is O=S(=O)(NC1CCCNCC1)c1cccc2ncccc12. The number of fused-ring (bicyclic) bond motifs is 1. The lowest BCUT2D eigenvalue weighted by Gasteiger charge is -2.17. The highest BCUT2D eigenvalue weighted by Gasteiger charge is 2.22. The van der Waals surface area contributed by atoms with Gasteiger partial charge in [0, 0.05) is 17.6 Å². The summed E-state index contributed by atoms with van der Waals surface area (Å²) in [7, 11) is -3.52. The largest absolute Gasteiger partial charge is 0.317 e. The van der Waals surface area contributed by atoms with E-state index in [-0.39, 0.29) is 6.04 Å². The smallest absolute Gasteiger partial charge is 0.241 e. The predicted molar refractivity (Wildman–Crippen MR) is 82.6 cm³/mol. The molecule has 0 aliphatic carbocycles. The minimum Gasteiger partial charge on any atom is -0.317 e. The molecule has 2 N–H and O–H groups in total. The summed E-state index contributed by atoms with van der Waals surface area (Å²) in [5.41, 5.74) is 0.697. The monoisotopic (exact) mass is 305 g/mol. The molecule has 0 amide bonds. The van der Waals surface area contributed by atoms with Gasteiger partial charge in [0.15, 0.2) is 0 Å². The van der Waals surface area contributed by atoms with Crippen molar-refractivity contribution in [2.24, 2.45) is 0 Å². The Morgan fingerprint density at radius 2 is 2.05 bits per heavy atom. The number of hydrogen-bond acceptors (Lipinski definition) is 4. The molecule has 0 spiro atoms. The Kier molecular flexibility index (Phi) is 4.19. The molecule has 2 aromatic rings. The van der Waals surface area contributed by atoms with Gasteiger partial charge in [-0.3, -0.25) is 4.98 Å². The number of benzene rings is 1. The summed E-state index contributed by atoms with van der Waals surface area (Å²) in [6, 6.07) is 8.75. The summed E-state index contributed by atoms with van der Waals surface area (Å²) in [5.74, 6) is 0. The van der Waals surface area contributed by atoms with E-state index in [2.05, 4.69) is 15.0 Å². The van der Waals surface area contributed by atoms with Crippen LogP contribution in [0.1, 0.15) is 19.3 Å². The van der Waals surface area contributed by atoms with Crippen molar-refractivity contribution < 1.29 is 8.42 Å². The molecule has 1 unspecified atom stereocenters. The van der Waals surface area contributed by atoms with Crippen LogP contribution in [-0.4, -0.2) is 32.5 Å². The second-order valence-electron chi connectivity index (χ2n) is 5.33. The summed E-state index contributed by atoms with van der Waals surface area (Å²) >= 11 is 0. The Morgan fingerprint density at radius 3 is 2.95 bits per heavy atom. The molecule has 1 saturated heterocycles. The number of nitrogens with one attached hydrogen (secondary N) is 2. The highest BCUT2D eigenvalue weighted by Crippen LogP contribution is 2.22. The molecule has 21 heavy (non-hydrogen) atoms. The van der Waals surface area contributed by atoms with Crippen molar-refractivity contribution in [3.63, 3.8) is 0 Å². The number of aromatic nitrogens is 1. The lowest BCUT2D eigenvalue weighted by molar-refractivity contribution is 0.518. The van der Waals surface area contributed by atoms with E-state index in [0.717, 1.165) is 32.4 Å². The summed E-state index contributed by atoms with van der Waals surface area (Å²) in [4.78, 5) is 4.53. The molecule has 1 atom stereocenters. The van der Waals surface area contributed by atoms with E-state index in [1.54, 1.807) is 30.5 Å². The Balaban J connectivity index is 1.92. The van der Waals surface area contributed by atoms with Crippen molar-refractivity contribution in [1.29, 1.82) is 0 Å². The first kappa shape index (κ1) is 14.4. The summed E-state index contributed by atoms with van der Waals surface area (Å²) in [6.45, 7) is 1.81. The second kappa shape index (κ2) is 6.09. The van der Waals surface area contributed by atoms with E-state index in [1.165, 1.54) is 0 Å². The number of rotatable bonds is 3. The van der Waals surface area contributed by atoms with Gasteiger partial charge in [-0.1, -0.05) is 6.07 Å². The van der Waals surface area contributed by atoms with Gasteiger partial charge in [0.2, 0.25) is 10.0 Å². The molecule has 6 heteroatoms. The zero-order valence-electron chi connectivity index (χ0n) is 11.7. The topological polar surface area (TPSA) is 71.1 Å². The van der Waals surface area contributed by atoms with Gasteiger partial charge in [0.05, 0.1) is 10.4 Å². The van der Waals surface area contributed by atoms with Crippen LogP contribution in [0, 0.1) is 0 Å². The predicted octanol–water partition coefficient (Wildman–Crippen LogP) is 1.66. The van der Waals surface area contributed by atoms with E-state index in [4.69, 9.17) is 0 Å². The Hall–Kier alpha value is -1.50. The van der Waals surface area contributed by atoms with Crippen LogP contribution in [0.3, 0.4) is 0 Å². The van der Waals surface area contributed by atoms with Crippen molar-refractivity contribution in [2.75, 3.05) is 13.1 Å². The van der Waals surface area contributed by atoms with Crippen LogP contribution in [0.15, 0.2) is 41.4 Å². The van der Waals surface area contributed by atoms with Crippen molar-refractivity contribution in [2.45, 2.75) is 30.2 Å². The van der Waals surface area contributed by atoms with Crippen LogP contribution < -0.4 is 10.0 Å². The van der Waals surface area contributed by atoms with Gasteiger partial charge < -0.3 is 5.32 Å². The summed E-state index contributed by atoms with van der Waals surface area (Å²) in [6.07, 6.45) is 4.35. The molecule has 1 aromatic heterocycles. The maximum Gasteiger partial charge on any atom is 0.241 e. The zero-order chi connectivity index (χ0) is 14.7. The van der Waals surface area contributed by atoms with Gasteiger partial charge in [-0.2, -0.15) is 0 Å². The fourth-order valence-electron chi connectivity index (χ4n) is 2.73. The fourth-order valence-corrected chi connectivity index (χ4v) is 4.25. The first-order valence-electron chi connectivity index (χ1n) is 7.24. The van der Waals surface area contributed by atoms with Gasteiger partial charge in [0.25, 0.3) is 0 Å². The van der Waals surface area contributed by atoms with Gasteiger partial charge in [-0.25, -0.2) is 13.1 Å². The average molecular weight is 305 g/mol. The van der Waals surface area contributed by atoms with Crippen molar-refractivity contribution in [1.82, 2.24) is 15.0 Å². The first-order valence-corrected chi connectivity index (χ1v) is 8.72. The van der Waals surface area contributed by atoms with E-state index in [0.29, 0.717) is 15.8 Å². The highest BCUT2D eigenvalue weighted by atomic mass is 32.2. The van der Waals surface area contributed by atoms with Gasteiger partial charge in [0.1, 0.15) is 0 Å². The molecule has 1 aliphatic heterocycles. The summed E-state index contributed by atoms with van der Waals surface area (Å²) in [5, 5.41) is 3.95. The molecule has 3 rings (SSSR count). The Labute approximate surface area is 124 Å². The first-order chi connectivity index (χ1) is 10.2. The maximum atomic E-state index is 12.7. The number of nitrogens with zero attached hydrogens (tertiary/aromatic N) is 1. The molecular formula is C15H19N3O2S. The van der Waals surface area contributed by atoms with Crippen LogP contribution in [-0.2, 0) is 10.0 Å². The number of sulfonamides is 1. The van der Waals surface area contributed by atoms with Crippen LogP contribution in [0.5, 0.6) is 0 Å². The van der Waals surface area contributed by atoms with Gasteiger partial charge in [-0.15, -0.1) is 0 Å².